The topological polar surface area (TPSA) is 82.8 Å². The van der Waals surface area contributed by atoms with Crippen LogP contribution in [-0.4, -0.2) is 30.7 Å². The normalized spacial score (nSPS) is 10.9. The summed E-state index contributed by atoms with van der Waals surface area (Å²) < 4.78 is 23.1. The second-order valence-corrected chi connectivity index (χ2v) is 8.10. The minimum absolute atomic E-state index is 0.306. The summed E-state index contributed by atoms with van der Waals surface area (Å²) in [5.41, 5.74) is 3.92. The summed E-state index contributed by atoms with van der Waals surface area (Å²) >= 11 is 6.08. The number of anilines is 1. The van der Waals surface area contributed by atoms with Crippen molar-refractivity contribution in [3.05, 3.63) is 64.7 Å². The molecule has 8 heteroatoms. The molecule has 0 fully saturated rings. The number of ether oxygens (including phenoxy) is 3. The van der Waals surface area contributed by atoms with Gasteiger partial charge in [-0.1, -0.05) is 17.7 Å². The van der Waals surface area contributed by atoms with Crippen LogP contribution < -0.4 is 19.5 Å². The van der Waals surface area contributed by atoms with E-state index in [1.165, 1.54) is 0 Å². The predicted octanol–water partition coefficient (Wildman–Crippen LogP) is 6.91. The molecule has 0 saturated carbocycles. The van der Waals surface area contributed by atoms with Gasteiger partial charge in [0, 0.05) is 21.8 Å². The van der Waals surface area contributed by atoms with Gasteiger partial charge in [-0.3, -0.25) is 4.79 Å². The van der Waals surface area contributed by atoms with Crippen molar-refractivity contribution in [3.8, 4) is 28.7 Å². The fraction of sp³-hybridized carbons (Fsp3) is 0.259. The Bertz CT molecular complexity index is 1340. The summed E-state index contributed by atoms with van der Waals surface area (Å²) in [5, 5.41) is 3.57. The van der Waals surface area contributed by atoms with Crippen molar-refractivity contribution in [1.82, 2.24) is 4.98 Å². The molecule has 1 N–H and O–H groups in total. The van der Waals surface area contributed by atoms with Crippen LogP contribution in [0.25, 0.3) is 22.6 Å². The van der Waals surface area contributed by atoms with E-state index in [0.29, 0.717) is 70.3 Å². The lowest BCUT2D eigenvalue weighted by Crippen LogP contribution is -2.14. The Kier molecular flexibility index (Phi) is 7.46. The van der Waals surface area contributed by atoms with E-state index in [2.05, 4.69) is 10.3 Å². The van der Waals surface area contributed by atoms with Crippen LogP contribution in [0.2, 0.25) is 5.02 Å². The fourth-order valence-electron chi connectivity index (χ4n) is 3.73. The number of fused-ring (bicyclic) bond motifs is 1. The molecule has 0 saturated heterocycles. The molecule has 0 atom stereocenters. The van der Waals surface area contributed by atoms with Crippen molar-refractivity contribution in [3.63, 3.8) is 0 Å². The van der Waals surface area contributed by atoms with Crippen molar-refractivity contribution >= 4 is 34.3 Å². The van der Waals surface area contributed by atoms with E-state index in [9.17, 15) is 4.79 Å². The average molecular weight is 495 g/mol. The first-order chi connectivity index (χ1) is 16.9. The minimum Gasteiger partial charge on any atom is -0.490 e. The van der Waals surface area contributed by atoms with E-state index in [1.807, 2.05) is 45.9 Å². The van der Waals surface area contributed by atoms with Crippen LogP contribution in [-0.2, 0) is 0 Å². The highest BCUT2D eigenvalue weighted by Gasteiger charge is 2.20. The Balaban J connectivity index is 1.67. The molecule has 7 nitrogen and oxygen atoms in total. The lowest BCUT2D eigenvalue weighted by molar-refractivity contribution is 0.102. The molecule has 0 unspecified atom stereocenters. The van der Waals surface area contributed by atoms with E-state index < -0.39 is 0 Å². The molecule has 0 bridgehead atoms. The molecule has 0 aliphatic carbocycles. The molecule has 1 heterocycles. The van der Waals surface area contributed by atoms with Gasteiger partial charge in [0.15, 0.2) is 17.1 Å². The maximum atomic E-state index is 13.3. The van der Waals surface area contributed by atoms with E-state index in [4.69, 9.17) is 30.2 Å². The summed E-state index contributed by atoms with van der Waals surface area (Å²) in [7, 11) is 0. The van der Waals surface area contributed by atoms with Gasteiger partial charge in [-0.05, 0) is 75.7 Å². The standard InChI is InChI=1S/C27H27ClN2O5/c1-5-32-23-13-17(14-24(33-6-2)25(23)34-7-3)26(31)29-20-10-8-9-19(16(20)4)27-30-21-15-18(28)11-12-22(21)35-27/h8-15H,5-7H2,1-4H3,(H,29,31). The molecule has 0 radical (unpaired) electrons. The molecule has 1 amide bonds. The van der Waals surface area contributed by atoms with Crippen LogP contribution in [0.3, 0.4) is 0 Å². The molecule has 4 aromatic rings. The molecular formula is C27H27ClN2O5. The van der Waals surface area contributed by atoms with E-state index in [-0.39, 0.29) is 5.91 Å². The summed E-state index contributed by atoms with van der Waals surface area (Å²) in [5.74, 6) is 1.55. The summed E-state index contributed by atoms with van der Waals surface area (Å²) in [6.45, 7) is 8.83. The molecule has 4 rings (SSSR count). The monoisotopic (exact) mass is 494 g/mol. The van der Waals surface area contributed by atoms with Crippen molar-refractivity contribution in [2.24, 2.45) is 0 Å². The SMILES string of the molecule is CCOc1cc(C(=O)Nc2cccc(-c3nc4cc(Cl)ccc4o3)c2C)cc(OCC)c1OCC. The number of halogens is 1. The van der Waals surface area contributed by atoms with Crippen LogP contribution in [0.1, 0.15) is 36.7 Å². The largest absolute Gasteiger partial charge is 0.490 e. The van der Waals surface area contributed by atoms with Gasteiger partial charge in [-0.2, -0.15) is 0 Å². The number of oxazole rings is 1. The third-order valence-corrected chi connectivity index (χ3v) is 5.57. The zero-order valence-corrected chi connectivity index (χ0v) is 20.9. The minimum atomic E-state index is -0.306. The highest BCUT2D eigenvalue weighted by molar-refractivity contribution is 6.31. The van der Waals surface area contributed by atoms with E-state index in [0.717, 1.165) is 11.1 Å². The second kappa shape index (κ2) is 10.7. The number of rotatable bonds is 9. The van der Waals surface area contributed by atoms with E-state index in [1.54, 1.807) is 30.3 Å². The maximum absolute atomic E-state index is 13.3. The first-order valence-corrected chi connectivity index (χ1v) is 11.9. The van der Waals surface area contributed by atoms with Crippen molar-refractivity contribution in [2.75, 3.05) is 25.1 Å². The fourth-order valence-corrected chi connectivity index (χ4v) is 3.90. The Hall–Kier alpha value is -3.71. The van der Waals surface area contributed by atoms with Crippen LogP contribution in [0.4, 0.5) is 5.69 Å². The highest BCUT2D eigenvalue weighted by Crippen LogP contribution is 2.39. The predicted molar refractivity (Wildman–Crippen MR) is 137 cm³/mol. The quantitative estimate of drug-likeness (QED) is 0.272. The molecule has 0 spiro atoms. The summed E-state index contributed by atoms with van der Waals surface area (Å²) in [6, 6.07) is 14.2. The smallest absolute Gasteiger partial charge is 0.255 e. The Morgan fingerprint density at radius 2 is 1.66 bits per heavy atom. The first-order valence-electron chi connectivity index (χ1n) is 11.5. The number of benzene rings is 3. The average Bonchev–Trinajstić information content (AvgIpc) is 3.25. The van der Waals surface area contributed by atoms with Gasteiger partial charge in [0.2, 0.25) is 11.6 Å². The van der Waals surface area contributed by atoms with Crippen LogP contribution in [0.15, 0.2) is 52.9 Å². The molecule has 182 valence electrons. The van der Waals surface area contributed by atoms with Gasteiger partial charge in [0.05, 0.1) is 19.8 Å². The summed E-state index contributed by atoms with van der Waals surface area (Å²) in [4.78, 5) is 17.8. The number of carbonyl (C=O) groups is 1. The van der Waals surface area contributed by atoms with Crippen molar-refractivity contribution < 1.29 is 23.4 Å². The van der Waals surface area contributed by atoms with Gasteiger partial charge in [0.1, 0.15) is 5.52 Å². The Morgan fingerprint density at radius 1 is 0.971 bits per heavy atom. The number of aromatic nitrogens is 1. The molecule has 0 aliphatic heterocycles. The van der Waals surface area contributed by atoms with Crippen molar-refractivity contribution in [2.45, 2.75) is 27.7 Å². The van der Waals surface area contributed by atoms with E-state index >= 15 is 0 Å². The third kappa shape index (κ3) is 5.20. The number of nitrogens with zero attached hydrogens (tertiary/aromatic N) is 1. The zero-order chi connectivity index (χ0) is 24.9. The lowest BCUT2D eigenvalue weighted by Gasteiger charge is -2.17. The number of nitrogens with one attached hydrogen (secondary N) is 1. The third-order valence-electron chi connectivity index (χ3n) is 5.33. The van der Waals surface area contributed by atoms with Crippen LogP contribution >= 0.6 is 11.6 Å². The molecule has 35 heavy (non-hydrogen) atoms. The Labute approximate surface area is 209 Å². The lowest BCUT2D eigenvalue weighted by atomic mass is 10.1. The number of amides is 1. The van der Waals surface area contributed by atoms with Gasteiger partial charge >= 0.3 is 0 Å². The van der Waals surface area contributed by atoms with Gasteiger partial charge in [0.25, 0.3) is 5.91 Å². The van der Waals surface area contributed by atoms with Gasteiger partial charge < -0.3 is 23.9 Å². The molecule has 1 aromatic heterocycles. The number of carbonyl (C=O) groups excluding carboxylic acids is 1. The van der Waals surface area contributed by atoms with Gasteiger partial charge in [-0.15, -0.1) is 0 Å². The maximum Gasteiger partial charge on any atom is 0.255 e. The molecule has 0 aliphatic rings. The molecule has 3 aromatic carbocycles. The van der Waals surface area contributed by atoms with Gasteiger partial charge in [-0.25, -0.2) is 4.98 Å². The molecular weight excluding hydrogens is 468 g/mol. The summed E-state index contributed by atoms with van der Waals surface area (Å²) in [6.07, 6.45) is 0. The first kappa shape index (κ1) is 24.4. The Morgan fingerprint density at radius 3 is 2.31 bits per heavy atom. The number of hydrogen-bond acceptors (Lipinski definition) is 6. The zero-order valence-electron chi connectivity index (χ0n) is 20.1. The second-order valence-electron chi connectivity index (χ2n) is 7.66. The highest BCUT2D eigenvalue weighted by atomic mass is 35.5. The van der Waals surface area contributed by atoms with Crippen molar-refractivity contribution in [1.29, 1.82) is 0 Å². The van der Waals surface area contributed by atoms with Crippen LogP contribution in [0, 0.1) is 6.92 Å². The number of hydrogen-bond donors (Lipinski definition) is 1. The van der Waals surface area contributed by atoms with Crippen LogP contribution in [0.5, 0.6) is 17.2 Å².